The van der Waals surface area contributed by atoms with Crippen molar-refractivity contribution in [2.24, 2.45) is 0 Å². The number of thiazole rings is 1. The Morgan fingerprint density at radius 1 is 1.18 bits per heavy atom. The van der Waals surface area contributed by atoms with Crippen molar-refractivity contribution in [2.75, 3.05) is 50.5 Å². The van der Waals surface area contributed by atoms with Gasteiger partial charge in [-0.15, -0.1) is 0 Å². The van der Waals surface area contributed by atoms with Gasteiger partial charge in [-0.1, -0.05) is 36.5 Å². The molecule has 4 rings (SSSR count). The van der Waals surface area contributed by atoms with Crippen molar-refractivity contribution >= 4 is 42.4 Å². The zero-order chi connectivity index (χ0) is 23.4. The van der Waals surface area contributed by atoms with Crippen molar-refractivity contribution in [3.8, 4) is 0 Å². The highest BCUT2D eigenvalue weighted by Gasteiger charge is 2.23. The van der Waals surface area contributed by atoms with Crippen LogP contribution in [-0.4, -0.2) is 69.9 Å². The molecule has 2 heterocycles. The number of nitrogens with zero attached hydrogens (tertiary/aromatic N) is 3. The number of aryl methyl sites for hydroxylation is 1. The van der Waals surface area contributed by atoms with Crippen LogP contribution >= 0.6 is 11.3 Å². The number of carbonyl (C=O) groups is 1. The van der Waals surface area contributed by atoms with Gasteiger partial charge in [-0.2, -0.15) is 0 Å². The summed E-state index contributed by atoms with van der Waals surface area (Å²) in [7, 11) is -3.41. The summed E-state index contributed by atoms with van der Waals surface area (Å²) >= 11 is 1.50. The van der Waals surface area contributed by atoms with E-state index in [9.17, 15) is 13.2 Å². The van der Waals surface area contributed by atoms with E-state index >= 15 is 0 Å². The zero-order valence-electron chi connectivity index (χ0n) is 19.0. The van der Waals surface area contributed by atoms with Gasteiger partial charge in [-0.25, -0.2) is 13.4 Å². The number of amides is 1. The third-order valence-corrected chi connectivity index (χ3v) is 7.97. The molecule has 3 aromatic rings. The molecule has 0 aliphatic carbocycles. The molecule has 0 unspecified atom stereocenters. The largest absolute Gasteiger partial charge is 0.379 e. The second-order valence-corrected chi connectivity index (χ2v) is 11.2. The summed E-state index contributed by atoms with van der Waals surface area (Å²) in [6.07, 6.45) is 2.80. The highest BCUT2D eigenvalue weighted by Crippen LogP contribution is 2.32. The van der Waals surface area contributed by atoms with Crippen LogP contribution in [0.2, 0.25) is 0 Å². The third-order valence-electron chi connectivity index (χ3n) is 5.82. The normalized spacial score (nSPS) is 15.1. The molecule has 0 radical (unpaired) electrons. The quantitative estimate of drug-likeness (QED) is 0.483. The number of hydrogen-bond acceptors (Lipinski definition) is 7. The number of ether oxygens (including phenoxy) is 1. The van der Waals surface area contributed by atoms with Gasteiger partial charge in [0.05, 0.1) is 28.3 Å². The molecule has 1 amide bonds. The second kappa shape index (κ2) is 10.3. The molecular formula is C24H29N3O4S2. The van der Waals surface area contributed by atoms with Crippen molar-refractivity contribution in [2.45, 2.75) is 24.7 Å². The standard InChI is InChI=1S/C24H29N3O4S2/c1-3-18-7-5-10-21-22(18)25-24(32-21)27(12-6-11-26-13-15-31-16-14-26)23(28)19-8-4-9-20(17-19)33(2,29)30/h4-5,7-10,17H,3,6,11-16H2,1-2H3. The molecule has 0 saturated carbocycles. The van der Waals surface area contributed by atoms with Crippen molar-refractivity contribution in [1.29, 1.82) is 0 Å². The first kappa shape index (κ1) is 23.8. The lowest BCUT2D eigenvalue weighted by Crippen LogP contribution is -2.39. The number of carbonyl (C=O) groups excluding carboxylic acids is 1. The number of para-hydroxylation sites is 1. The number of sulfone groups is 1. The molecule has 176 valence electrons. The van der Waals surface area contributed by atoms with Crippen LogP contribution in [0, 0.1) is 0 Å². The average molecular weight is 488 g/mol. The second-order valence-electron chi connectivity index (χ2n) is 8.18. The summed E-state index contributed by atoms with van der Waals surface area (Å²) in [5, 5.41) is 0.641. The number of aromatic nitrogens is 1. The minimum atomic E-state index is -3.41. The van der Waals surface area contributed by atoms with E-state index in [2.05, 4.69) is 17.9 Å². The summed E-state index contributed by atoms with van der Waals surface area (Å²) in [4.78, 5) is 22.6. The van der Waals surface area contributed by atoms with Gasteiger partial charge in [0.25, 0.3) is 5.91 Å². The maximum Gasteiger partial charge on any atom is 0.260 e. The third kappa shape index (κ3) is 5.60. The number of fused-ring (bicyclic) bond motifs is 1. The van der Waals surface area contributed by atoms with Crippen LogP contribution in [0.1, 0.15) is 29.3 Å². The number of rotatable bonds is 8. The van der Waals surface area contributed by atoms with Gasteiger partial charge in [0.2, 0.25) is 0 Å². The van der Waals surface area contributed by atoms with E-state index in [1.165, 1.54) is 23.5 Å². The van der Waals surface area contributed by atoms with E-state index in [1.807, 2.05) is 12.1 Å². The Labute approximate surface area is 198 Å². The Kier molecular flexibility index (Phi) is 7.43. The fraction of sp³-hybridized carbons (Fsp3) is 0.417. The van der Waals surface area contributed by atoms with Crippen LogP contribution in [0.25, 0.3) is 10.2 Å². The average Bonchev–Trinajstić information content (AvgIpc) is 3.26. The zero-order valence-corrected chi connectivity index (χ0v) is 20.6. The molecule has 1 aliphatic rings. The van der Waals surface area contributed by atoms with Gasteiger partial charge in [0.1, 0.15) is 0 Å². The first-order valence-corrected chi connectivity index (χ1v) is 13.9. The molecule has 1 aliphatic heterocycles. The maximum absolute atomic E-state index is 13.6. The molecule has 7 nitrogen and oxygen atoms in total. The van der Waals surface area contributed by atoms with Crippen molar-refractivity contribution < 1.29 is 17.9 Å². The van der Waals surface area contributed by atoms with Crippen LogP contribution in [0.15, 0.2) is 47.4 Å². The van der Waals surface area contributed by atoms with Crippen molar-refractivity contribution in [3.05, 3.63) is 53.6 Å². The Bertz CT molecular complexity index is 1230. The number of anilines is 1. The lowest BCUT2D eigenvalue weighted by molar-refractivity contribution is 0.0376. The van der Waals surface area contributed by atoms with Gasteiger partial charge in [-0.05, 0) is 42.7 Å². The minimum Gasteiger partial charge on any atom is -0.379 e. The maximum atomic E-state index is 13.6. The molecular weight excluding hydrogens is 458 g/mol. The lowest BCUT2D eigenvalue weighted by atomic mass is 10.1. The first-order valence-electron chi connectivity index (χ1n) is 11.2. The van der Waals surface area contributed by atoms with E-state index in [0.717, 1.165) is 67.7 Å². The summed E-state index contributed by atoms with van der Waals surface area (Å²) < 4.78 is 30.5. The summed E-state index contributed by atoms with van der Waals surface area (Å²) in [6, 6.07) is 12.4. The summed E-state index contributed by atoms with van der Waals surface area (Å²) in [5.74, 6) is -0.236. The highest BCUT2D eigenvalue weighted by molar-refractivity contribution is 7.90. The summed E-state index contributed by atoms with van der Waals surface area (Å²) in [5.41, 5.74) is 2.42. The molecule has 0 atom stereocenters. The van der Waals surface area contributed by atoms with Gasteiger partial charge in [-0.3, -0.25) is 14.6 Å². The number of morpholine rings is 1. The Hall–Kier alpha value is -2.33. The topological polar surface area (TPSA) is 79.8 Å². The van der Waals surface area contributed by atoms with Crippen LogP contribution in [0.4, 0.5) is 5.13 Å². The minimum absolute atomic E-state index is 0.138. The molecule has 0 N–H and O–H groups in total. The van der Waals surface area contributed by atoms with E-state index in [4.69, 9.17) is 9.72 Å². The van der Waals surface area contributed by atoms with Gasteiger partial charge >= 0.3 is 0 Å². The highest BCUT2D eigenvalue weighted by atomic mass is 32.2. The van der Waals surface area contributed by atoms with Crippen LogP contribution in [0.5, 0.6) is 0 Å². The summed E-state index contributed by atoms with van der Waals surface area (Å²) in [6.45, 7) is 6.71. The Morgan fingerprint density at radius 2 is 1.94 bits per heavy atom. The molecule has 1 saturated heterocycles. The number of benzene rings is 2. The fourth-order valence-corrected chi connectivity index (χ4v) is 5.68. The molecule has 0 spiro atoms. The van der Waals surface area contributed by atoms with Crippen LogP contribution in [0.3, 0.4) is 0 Å². The monoisotopic (exact) mass is 487 g/mol. The van der Waals surface area contributed by atoms with Crippen molar-refractivity contribution in [3.63, 3.8) is 0 Å². The molecule has 1 aromatic heterocycles. The molecule has 2 aromatic carbocycles. The fourth-order valence-electron chi connectivity index (χ4n) is 3.97. The predicted molar refractivity (Wildman–Crippen MR) is 132 cm³/mol. The molecule has 33 heavy (non-hydrogen) atoms. The lowest BCUT2D eigenvalue weighted by Gasteiger charge is -2.27. The Balaban J connectivity index is 1.64. The first-order chi connectivity index (χ1) is 15.9. The smallest absolute Gasteiger partial charge is 0.260 e. The number of hydrogen-bond donors (Lipinski definition) is 0. The SMILES string of the molecule is CCc1cccc2sc(N(CCCN3CCOCC3)C(=O)c3cccc(S(C)(=O)=O)c3)nc12. The van der Waals surface area contributed by atoms with E-state index in [0.29, 0.717) is 17.2 Å². The van der Waals surface area contributed by atoms with Gasteiger partial charge in [0, 0.05) is 38.0 Å². The van der Waals surface area contributed by atoms with Crippen molar-refractivity contribution in [1.82, 2.24) is 9.88 Å². The molecule has 9 heteroatoms. The van der Waals surface area contributed by atoms with Gasteiger partial charge < -0.3 is 4.74 Å². The molecule has 0 bridgehead atoms. The van der Waals surface area contributed by atoms with Crippen LogP contribution < -0.4 is 4.90 Å². The predicted octanol–water partition coefficient (Wildman–Crippen LogP) is 3.63. The van der Waals surface area contributed by atoms with Gasteiger partial charge in [0.15, 0.2) is 15.0 Å². The van der Waals surface area contributed by atoms with E-state index < -0.39 is 9.84 Å². The Morgan fingerprint density at radius 3 is 2.67 bits per heavy atom. The van der Waals surface area contributed by atoms with Crippen LogP contribution in [-0.2, 0) is 21.0 Å². The van der Waals surface area contributed by atoms with E-state index in [-0.39, 0.29) is 10.8 Å². The van der Waals surface area contributed by atoms with E-state index in [1.54, 1.807) is 17.0 Å². The molecule has 1 fully saturated rings.